The molecule has 112 valence electrons. The fourth-order valence-corrected chi connectivity index (χ4v) is 7.27. The highest BCUT2D eigenvalue weighted by atomic mass is 16.3. The smallest absolute Gasteiger partial charge is 0.0860 e. The largest absolute Gasteiger partial charge is 0.386 e. The molecule has 1 N–H and O–H groups in total. The van der Waals surface area contributed by atoms with E-state index in [9.17, 15) is 5.11 Å². The highest BCUT2D eigenvalue weighted by Crippen LogP contribution is 2.71. The van der Waals surface area contributed by atoms with Gasteiger partial charge in [-0.15, -0.1) is 0 Å². The first-order valence-electron chi connectivity index (χ1n) is 8.80. The number of rotatable bonds is 0. The van der Waals surface area contributed by atoms with Gasteiger partial charge in [-0.2, -0.15) is 0 Å². The number of hydrogen-bond acceptors (Lipinski definition) is 1. The van der Waals surface area contributed by atoms with Crippen LogP contribution in [-0.2, 0) is 0 Å². The van der Waals surface area contributed by atoms with Crippen LogP contribution in [0.3, 0.4) is 0 Å². The minimum absolute atomic E-state index is 0.409. The lowest BCUT2D eigenvalue weighted by Crippen LogP contribution is -2.54. The molecule has 0 amide bonds. The topological polar surface area (TPSA) is 20.2 Å². The van der Waals surface area contributed by atoms with Crippen molar-refractivity contribution in [3.63, 3.8) is 0 Å². The average molecular weight is 274 g/mol. The molecule has 20 heavy (non-hydrogen) atoms. The average Bonchev–Trinajstić information content (AvgIpc) is 2.55. The van der Waals surface area contributed by atoms with E-state index in [0.29, 0.717) is 10.8 Å². The van der Waals surface area contributed by atoms with E-state index in [1.54, 1.807) is 0 Å². The highest BCUT2D eigenvalue weighted by Gasteiger charge is 2.64. The molecule has 0 heterocycles. The van der Waals surface area contributed by atoms with E-state index in [0.717, 1.165) is 42.6 Å². The second kappa shape index (κ2) is 3.91. The van der Waals surface area contributed by atoms with Crippen LogP contribution in [0.15, 0.2) is 12.2 Å². The second-order valence-electron chi connectivity index (χ2n) is 8.96. The summed E-state index contributed by atoms with van der Waals surface area (Å²) in [5, 5.41) is 10.9. The predicted octanol–water partition coefficient (Wildman–Crippen LogP) is 4.70. The Balaban J connectivity index is 1.74. The zero-order chi connectivity index (χ0) is 14.2. The Hall–Kier alpha value is -0.300. The Morgan fingerprint density at radius 1 is 1.15 bits per heavy atom. The molecule has 0 aliphatic heterocycles. The lowest BCUT2D eigenvalue weighted by Gasteiger charge is -2.61. The molecule has 0 aromatic rings. The van der Waals surface area contributed by atoms with Crippen molar-refractivity contribution < 1.29 is 5.11 Å². The molecule has 0 aromatic carbocycles. The highest BCUT2D eigenvalue weighted by molar-refractivity contribution is 5.28. The van der Waals surface area contributed by atoms with Gasteiger partial charge in [-0.1, -0.05) is 33.3 Å². The van der Waals surface area contributed by atoms with Gasteiger partial charge in [0.25, 0.3) is 0 Å². The van der Waals surface area contributed by atoms with Crippen molar-refractivity contribution in [2.24, 2.45) is 28.6 Å². The van der Waals surface area contributed by atoms with Gasteiger partial charge in [-0.05, 0) is 79.1 Å². The number of fused-ring (bicyclic) bond motifs is 3. The molecule has 1 nitrogen and oxygen atoms in total. The van der Waals surface area contributed by atoms with Crippen molar-refractivity contribution in [1.29, 1.82) is 0 Å². The summed E-state index contributed by atoms with van der Waals surface area (Å²) in [6.07, 6.45) is 11.4. The molecule has 1 heteroatoms. The Kier molecular flexibility index (Phi) is 2.61. The zero-order valence-electron chi connectivity index (χ0n) is 13.3. The molecule has 4 rings (SSSR count). The summed E-state index contributed by atoms with van der Waals surface area (Å²) in [4.78, 5) is 0. The van der Waals surface area contributed by atoms with E-state index >= 15 is 0 Å². The van der Waals surface area contributed by atoms with Crippen molar-refractivity contribution in [3.05, 3.63) is 12.2 Å². The van der Waals surface area contributed by atoms with Gasteiger partial charge >= 0.3 is 0 Å². The summed E-state index contributed by atoms with van der Waals surface area (Å²) in [5.74, 6) is 2.69. The third-order valence-electron chi connectivity index (χ3n) is 8.11. The van der Waals surface area contributed by atoms with E-state index in [-0.39, 0.29) is 0 Å². The summed E-state index contributed by atoms with van der Waals surface area (Å²) in [5.41, 5.74) is 1.61. The first-order valence-corrected chi connectivity index (χ1v) is 8.80. The van der Waals surface area contributed by atoms with Crippen LogP contribution in [0.25, 0.3) is 0 Å². The summed E-state index contributed by atoms with van der Waals surface area (Å²) in [7, 11) is 0. The van der Waals surface area contributed by atoms with Crippen molar-refractivity contribution in [2.75, 3.05) is 0 Å². The van der Waals surface area contributed by atoms with Crippen LogP contribution in [0.5, 0.6) is 0 Å². The van der Waals surface area contributed by atoms with Crippen LogP contribution in [0.1, 0.15) is 71.6 Å². The first-order chi connectivity index (χ1) is 9.40. The molecule has 0 radical (unpaired) electrons. The van der Waals surface area contributed by atoms with Gasteiger partial charge in [-0.3, -0.25) is 0 Å². The molecule has 2 bridgehead atoms. The lowest BCUT2D eigenvalue weighted by atomic mass is 9.43. The normalized spacial score (nSPS) is 58.1. The third-order valence-corrected chi connectivity index (χ3v) is 8.11. The van der Waals surface area contributed by atoms with Crippen LogP contribution in [0.2, 0.25) is 0 Å². The zero-order valence-corrected chi connectivity index (χ0v) is 13.3. The van der Waals surface area contributed by atoms with Gasteiger partial charge in [0.1, 0.15) is 0 Å². The van der Waals surface area contributed by atoms with Gasteiger partial charge in [0.05, 0.1) is 5.60 Å². The molecule has 4 aliphatic carbocycles. The Morgan fingerprint density at radius 3 is 2.75 bits per heavy atom. The fraction of sp³-hybridized carbons (Fsp3) is 0.895. The third kappa shape index (κ3) is 1.48. The van der Waals surface area contributed by atoms with E-state index in [1.807, 2.05) is 0 Å². The quantitative estimate of drug-likeness (QED) is 0.635. The van der Waals surface area contributed by atoms with Crippen LogP contribution in [0.4, 0.5) is 0 Å². The second-order valence-corrected chi connectivity index (χ2v) is 8.96. The molecule has 4 saturated carbocycles. The number of aliphatic hydroxyl groups is 1. The molecule has 6 atom stereocenters. The Morgan fingerprint density at radius 2 is 1.95 bits per heavy atom. The maximum atomic E-state index is 10.9. The van der Waals surface area contributed by atoms with Gasteiger partial charge in [0.15, 0.2) is 0 Å². The van der Waals surface area contributed by atoms with E-state index in [4.69, 9.17) is 0 Å². The summed E-state index contributed by atoms with van der Waals surface area (Å²) in [6.45, 7) is 9.34. The summed E-state index contributed by atoms with van der Waals surface area (Å²) < 4.78 is 0. The molecule has 0 saturated heterocycles. The molecule has 4 aliphatic rings. The SMILES string of the molecule is C=C1C[C@@]23CC[C@@H]4[C@@H](C)CCC[C@@]4(C)[C@@H]2CC[C@@]1(O)C3. The minimum Gasteiger partial charge on any atom is -0.386 e. The summed E-state index contributed by atoms with van der Waals surface area (Å²) >= 11 is 0. The Labute approximate surface area is 123 Å². The molecule has 4 fully saturated rings. The van der Waals surface area contributed by atoms with Crippen molar-refractivity contribution in [2.45, 2.75) is 77.2 Å². The molecule has 0 aromatic heterocycles. The van der Waals surface area contributed by atoms with Crippen molar-refractivity contribution in [3.8, 4) is 0 Å². The fourth-order valence-electron chi connectivity index (χ4n) is 7.27. The van der Waals surface area contributed by atoms with Crippen molar-refractivity contribution >= 4 is 0 Å². The van der Waals surface area contributed by atoms with Crippen LogP contribution in [0, 0.1) is 28.6 Å². The van der Waals surface area contributed by atoms with Gasteiger partial charge in [-0.25, -0.2) is 0 Å². The van der Waals surface area contributed by atoms with Crippen molar-refractivity contribution in [1.82, 2.24) is 0 Å². The number of hydrogen-bond donors (Lipinski definition) is 1. The first kappa shape index (κ1) is 13.4. The van der Waals surface area contributed by atoms with Crippen LogP contribution >= 0.6 is 0 Å². The van der Waals surface area contributed by atoms with E-state index in [2.05, 4.69) is 20.4 Å². The molecule has 0 unspecified atom stereocenters. The standard InChI is InChI=1S/C19H30O/c1-13-5-4-8-17(3)15(13)6-9-18-11-14(2)19(20,12-18)10-7-16(17)18/h13,15-16,20H,2,4-12H2,1,3H3/t13-,15+,16-,17+,18+,19+/m0/s1. The maximum absolute atomic E-state index is 10.9. The van der Waals surface area contributed by atoms with Gasteiger partial charge in [0.2, 0.25) is 0 Å². The van der Waals surface area contributed by atoms with Gasteiger partial charge < -0.3 is 5.11 Å². The molecular weight excluding hydrogens is 244 g/mol. The molecule has 1 spiro atoms. The van der Waals surface area contributed by atoms with E-state index in [1.165, 1.54) is 38.5 Å². The predicted molar refractivity (Wildman–Crippen MR) is 82.3 cm³/mol. The molecular formula is C19H30O. The van der Waals surface area contributed by atoms with Crippen LogP contribution in [-0.4, -0.2) is 10.7 Å². The minimum atomic E-state index is -0.500. The maximum Gasteiger partial charge on any atom is 0.0860 e. The van der Waals surface area contributed by atoms with E-state index < -0.39 is 5.60 Å². The Bertz CT molecular complexity index is 455. The summed E-state index contributed by atoms with van der Waals surface area (Å²) in [6, 6.07) is 0. The lowest BCUT2D eigenvalue weighted by molar-refractivity contribution is -0.140. The monoisotopic (exact) mass is 274 g/mol. The van der Waals surface area contributed by atoms with Gasteiger partial charge in [0, 0.05) is 0 Å². The van der Waals surface area contributed by atoms with Crippen LogP contribution < -0.4 is 0 Å².